The number of aliphatic hydroxyl groups is 1. The molecule has 0 bridgehead atoms. The van der Waals surface area contributed by atoms with Crippen LogP contribution in [0.1, 0.15) is 5.56 Å². The third kappa shape index (κ3) is 2.27. The fourth-order valence-corrected chi connectivity index (χ4v) is 3.01. The van der Waals surface area contributed by atoms with E-state index in [0.29, 0.717) is 5.57 Å². The summed E-state index contributed by atoms with van der Waals surface area (Å²) in [5.41, 5.74) is 1.93. The Balaban J connectivity index is 1.75. The molecule has 1 aliphatic rings. The Bertz CT molecular complexity index is 929. The lowest BCUT2D eigenvalue weighted by Gasteiger charge is -2.16. The van der Waals surface area contributed by atoms with Crippen LogP contribution in [0, 0.1) is 0 Å². The van der Waals surface area contributed by atoms with E-state index in [1.165, 1.54) is 0 Å². The van der Waals surface area contributed by atoms with Gasteiger partial charge in [0.2, 0.25) is 0 Å². The molecule has 0 aromatic heterocycles. The van der Waals surface area contributed by atoms with E-state index in [4.69, 9.17) is 0 Å². The highest BCUT2D eigenvalue weighted by Gasteiger charge is 2.32. The van der Waals surface area contributed by atoms with E-state index in [1.54, 1.807) is 4.90 Å². The van der Waals surface area contributed by atoms with Crippen LogP contribution in [0.3, 0.4) is 0 Å². The van der Waals surface area contributed by atoms with E-state index in [-0.39, 0.29) is 18.2 Å². The molecule has 0 aliphatic carbocycles. The molecular weight excluding hydrogens is 286 g/mol. The highest BCUT2D eigenvalue weighted by atomic mass is 16.3. The zero-order valence-electron chi connectivity index (χ0n) is 12.4. The molecule has 0 radical (unpaired) electrons. The van der Waals surface area contributed by atoms with Crippen molar-refractivity contribution in [2.45, 2.75) is 0 Å². The number of benzene rings is 3. The molecule has 3 nitrogen and oxygen atoms in total. The van der Waals surface area contributed by atoms with Crippen molar-refractivity contribution in [1.82, 2.24) is 0 Å². The van der Waals surface area contributed by atoms with Gasteiger partial charge in [-0.3, -0.25) is 4.79 Å². The van der Waals surface area contributed by atoms with Crippen molar-refractivity contribution in [2.24, 2.45) is 0 Å². The van der Waals surface area contributed by atoms with E-state index < -0.39 is 0 Å². The summed E-state index contributed by atoms with van der Waals surface area (Å²) in [7, 11) is 0. The SMILES string of the molecule is O=C1C(c2ccc3ccccc3c2)=C(O)CN1c1ccccc1. The van der Waals surface area contributed by atoms with Gasteiger partial charge >= 0.3 is 0 Å². The Hall–Kier alpha value is -3.07. The van der Waals surface area contributed by atoms with Crippen LogP contribution in [-0.4, -0.2) is 17.6 Å². The molecule has 1 heterocycles. The molecule has 0 saturated heterocycles. The molecule has 0 fully saturated rings. The fraction of sp³-hybridized carbons (Fsp3) is 0.0500. The van der Waals surface area contributed by atoms with E-state index in [0.717, 1.165) is 22.0 Å². The van der Waals surface area contributed by atoms with Crippen LogP contribution in [0.2, 0.25) is 0 Å². The van der Waals surface area contributed by atoms with Gasteiger partial charge in [-0.25, -0.2) is 0 Å². The molecule has 112 valence electrons. The summed E-state index contributed by atoms with van der Waals surface area (Å²) in [6.45, 7) is 0.213. The van der Waals surface area contributed by atoms with Gasteiger partial charge in [0.25, 0.3) is 5.91 Å². The number of nitrogens with zero attached hydrogens (tertiary/aromatic N) is 1. The predicted octanol–water partition coefficient (Wildman–Crippen LogP) is 4.16. The minimum atomic E-state index is -0.163. The van der Waals surface area contributed by atoms with E-state index in [9.17, 15) is 9.90 Å². The Morgan fingerprint density at radius 2 is 1.52 bits per heavy atom. The zero-order valence-corrected chi connectivity index (χ0v) is 12.4. The lowest BCUT2D eigenvalue weighted by Crippen LogP contribution is -2.26. The third-order valence-electron chi connectivity index (χ3n) is 4.16. The molecule has 0 saturated carbocycles. The smallest absolute Gasteiger partial charge is 0.262 e. The molecule has 0 spiro atoms. The topological polar surface area (TPSA) is 40.5 Å². The van der Waals surface area contributed by atoms with Crippen LogP contribution in [0.4, 0.5) is 5.69 Å². The second kappa shape index (κ2) is 5.29. The standard InChI is InChI=1S/C20H15NO2/c22-18-13-21(17-8-2-1-3-9-17)20(23)19(18)16-11-10-14-6-4-5-7-15(14)12-16/h1-12,22H,13H2. The van der Waals surface area contributed by atoms with Gasteiger partial charge in [-0.15, -0.1) is 0 Å². The van der Waals surface area contributed by atoms with Gasteiger partial charge in [0.05, 0.1) is 12.1 Å². The molecule has 4 rings (SSSR count). The highest BCUT2D eigenvalue weighted by Crippen LogP contribution is 2.32. The normalized spacial score (nSPS) is 14.8. The van der Waals surface area contributed by atoms with Crippen LogP contribution >= 0.6 is 0 Å². The minimum Gasteiger partial charge on any atom is -0.510 e. The molecule has 3 aromatic carbocycles. The van der Waals surface area contributed by atoms with Gasteiger partial charge < -0.3 is 10.0 Å². The van der Waals surface area contributed by atoms with Gasteiger partial charge in [-0.2, -0.15) is 0 Å². The molecule has 1 amide bonds. The maximum atomic E-state index is 12.8. The number of hydrogen-bond acceptors (Lipinski definition) is 2. The maximum Gasteiger partial charge on any atom is 0.262 e. The minimum absolute atomic E-state index is 0.120. The molecule has 23 heavy (non-hydrogen) atoms. The molecule has 1 aliphatic heterocycles. The third-order valence-corrected chi connectivity index (χ3v) is 4.16. The van der Waals surface area contributed by atoms with Crippen molar-refractivity contribution < 1.29 is 9.90 Å². The number of aliphatic hydroxyl groups excluding tert-OH is 1. The number of anilines is 1. The first-order chi connectivity index (χ1) is 11.2. The number of carbonyl (C=O) groups excluding carboxylic acids is 1. The van der Waals surface area contributed by atoms with Crippen LogP contribution in [-0.2, 0) is 4.79 Å². The van der Waals surface area contributed by atoms with Crippen LogP contribution in [0.5, 0.6) is 0 Å². The molecular formula is C20H15NO2. The number of para-hydroxylation sites is 1. The van der Waals surface area contributed by atoms with Crippen molar-refractivity contribution in [1.29, 1.82) is 0 Å². The predicted molar refractivity (Wildman–Crippen MR) is 92.3 cm³/mol. The van der Waals surface area contributed by atoms with Crippen LogP contribution in [0.25, 0.3) is 16.3 Å². The number of hydrogen-bond donors (Lipinski definition) is 1. The first-order valence-electron chi connectivity index (χ1n) is 7.52. The Kier molecular flexibility index (Phi) is 3.12. The molecule has 1 N–H and O–H groups in total. The molecule has 3 heteroatoms. The number of fused-ring (bicyclic) bond motifs is 1. The average Bonchev–Trinajstić information content (AvgIpc) is 2.90. The fourth-order valence-electron chi connectivity index (χ4n) is 3.01. The Labute approximate surface area is 134 Å². The molecule has 0 atom stereocenters. The summed E-state index contributed by atoms with van der Waals surface area (Å²) in [5.74, 6) is -0.0434. The quantitative estimate of drug-likeness (QED) is 0.772. The van der Waals surface area contributed by atoms with Crippen molar-refractivity contribution in [3.05, 3.63) is 84.1 Å². The number of carbonyl (C=O) groups is 1. The Morgan fingerprint density at radius 3 is 2.30 bits per heavy atom. The summed E-state index contributed by atoms with van der Waals surface area (Å²) in [6.07, 6.45) is 0. The number of amides is 1. The van der Waals surface area contributed by atoms with E-state index >= 15 is 0 Å². The van der Waals surface area contributed by atoms with Crippen LogP contribution in [0.15, 0.2) is 78.6 Å². The van der Waals surface area contributed by atoms with Crippen molar-refractivity contribution >= 4 is 27.9 Å². The lowest BCUT2D eigenvalue weighted by molar-refractivity contribution is -0.112. The largest absolute Gasteiger partial charge is 0.510 e. The lowest BCUT2D eigenvalue weighted by atomic mass is 10.0. The summed E-state index contributed by atoms with van der Waals surface area (Å²) in [4.78, 5) is 14.4. The second-order valence-electron chi connectivity index (χ2n) is 5.61. The highest BCUT2D eigenvalue weighted by molar-refractivity contribution is 6.29. The Morgan fingerprint density at radius 1 is 0.826 bits per heavy atom. The first-order valence-corrected chi connectivity index (χ1v) is 7.52. The van der Waals surface area contributed by atoms with Gasteiger partial charge in [-0.1, -0.05) is 54.6 Å². The first kappa shape index (κ1) is 13.6. The monoisotopic (exact) mass is 301 g/mol. The summed E-state index contributed by atoms with van der Waals surface area (Å²) in [5, 5.41) is 12.5. The van der Waals surface area contributed by atoms with Gasteiger partial charge in [0.15, 0.2) is 0 Å². The summed E-state index contributed by atoms with van der Waals surface area (Å²) in [6, 6.07) is 23.2. The molecule has 0 unspecified atom stereocenters. The van der Waals surface area contributed by atoms with Crippen LogP contribution < -0.4 is 4.90 Å². The van der Waals surface area contributed by atoms with Crippen molar-refractivity contribution in [2.75, 3.05) is 11.4 Å². The van der Waals surface area contributed by atoms with Crippen molar-refractivity contribution in [3.8, 4) is 0 Å². The number of rotatable bonds is 2. The second-order valence-corrected chi connectivity index (χ2v) is 5.61. The average molecular weight is 301 g/mol. The van der Waals surface area contributed by atoms with E-state index in [1.807, 2.05) is 72.8 Å². The zero-order chi connectivity index (χ0) is 15.8. The van der Waals surface area contributed by atoms with Gasteiger partial charge in [0, 0.05) is 5.69 Å². The van der Waals surface area contributed by atoms with Crippen molar-refractivity contribution in [3.63, 3.8) is 0 Å². The van der Waals surface area contributed by atoms with Gasteiger partial charge in [0.1, 0.15) is 5.76 Å². The summed E-state index contributed by atoms with van der Waals surface area (Å²) < 4.78 is 0. The van der Waals surface area contributed by atoms with Gasteiger partial charge in [-0.05, 0) is 34.5 Å². The molecule has 3 aromatic rings. The maximum absolute atomic E-state index is 12.8. The summed E-state index contributed by atoms with van der Waals surface area (Å²) >= 11 is 0. The van der Waals surface area contributed by atoms with E-state index in [2.05, 4.69) is 0 Å².